The SMILES string of the molecule is N#Cc1ccc(C(c2ccc(Br)cc2)c2cncnc2)cc1. The number of aromatic nitrogens is 2. The van der Waals surface area contributed by atoms with Gasteiger partial charge in [-0.05, 0) is 35.4 Å². The molecule has 4 heteroatoms. The predicted molar refractivity (Wildman–Crippen MR) is 88.3 cm³/mol. The highest BCUT2D eigenvalue weighted by Crippen LogP contribution is 2.31. The number of nitrogens with zero attached hydrogens (tertiary/aromatic N) is 3. The van der Waals surface area contributed by atoms with Gasteiger partial charge in [-0.25, -0.2) is 9.97 Å². The molecule has 0 N–H and O–H groups in total. The normalized spacial score (nSPS) is 11.6. The van der Waals surface area contributed by atoms with Crippen molar-refractivity contribution in [3.63, 3.8) is 0 Å². The maximum atomic E-state index is 8.96. The zero-order valence-corrected chi connectivity index (χ0v) is 13.2. The van der Waals surface area contributed by atoms with Crippen LogP contribution < -0.4 is 0 Å². The zero-order valence-electron chi connectivity index (χ0n) is 11.6. The van der Waals surface area contributed by atoms with Crippen LogP contribution >= 0.6 is 15.9 Å². The van der Waals surface area contributed by atoms with E-state index in [4.69, 9.17) is 5.26 Å². The van der Waals surface area contributed by atoms with E-state index >= 15 is 0 Å². The van der Waals surface area contributed by atoms with Crippen molar-refractivity contribution in [1.82, 2.24) is 9.97 Å². The van der Waals surface area contributed by atoms with Gasteiger partial charge in [0, 0.05) is 28.3 Å². The average molecular weight is 350 g/mol. The van der Waals surface area contributed by atoms with Gasteiger partial charge in [-0.1, -0.05) is 40.2 Å². The van der Waals surface area contributed by atoms with Crippen molar-refractivity contribution < 1.29 is 0 Å². The van der Waals surface area contributed by atoms with E-state index < -0.39 is 0 Å². The summed E-state index contributed by atoms with van der Waals surface area (Å²) in [5.74, 6) is 0.0436. The highest BCUT2D eigenvalue weighted by atomic mass is 79.9. The maximum absolute atomic E-state index is 8.96. The summed E-state index contributed by atoms with van der Waals surface area (Å²) in [5.41, 5.74) is 3.94. The monoisotopic (exact) mass is 349 g/mol. The summed E-state index contributed by atoms with van der Waals surface area (Å²) >= 11 is 3.47. The molecule has 0 saturated heterocycles. The van der Waals surface area contributed by atoms with Crippen LogP contribution in [0.25, 0.3) is 0 Å². The molecule has 1 atom stereocenters. The van der Waals surface area contributed by atoms with E-state index in [2.05, 4.69) is 44.1 Å². The van der Waals surface area contributed by atoms with Gasteiger partial charge in [-0.3, -0.25) is 0 Å². The molecule has 3 rings (SSSR count). The molecule has 22 heavy (non-hydrogen) atoms. The lowest BCUT2D eigenvalue weighted by Crippen LogP contribution is -2.04. The van der Waals surface area contributed by atoms with E-state index in [0.29, 0.717) is 5.56 Å². The van der Waals surface area contributed by atoms with Gasteiger partial charge >= 0.3 is 0 Å². The minimum atomic E-state index is 0.0436. The Hall–Kier alpha value is -2.51. The Kier molecular flexibility index (Phi) is 4.27. The van der Waals surface area contributed by atoms with E-state index in [1.807, 2.05) is 48.8 Å². The van der Waals surface area contributed by atoms with E-state index in [-0.39, 0.29) is 5.92 Å². The van der Waals surface area contributed by atoms with Crippen molar-refractivity contribution in [1.29, 1.82) is 5.26 Å². The molecule has 0 bridgehead atoms. The fraction of sp³-hybridized carbons (Fsp3) is 0.0556. The van der Waals surface area contributed by atoms with Crippen molar-refractivity contribution in [3.05, 3.63) is 94.0 Å². The Bertz CT molecular complexity index is 790. The molecule has 3 nitrogen and oxygen atoms in total. The van der Waals surface area contributed by atoms with E-state index in [1.54, 1.807) is 0 Å². The molecule has 0 aliphatic heterocycles. The van der Waals surface area contributed by atoms with Crippen LogP contribution in [0.5, 0.6) is 0 Å². The van der Waals surface area contributed by atoms with Crippen molar-refractivity contribution in [2.45, 2.75) is 5.92 Å². The summed E-state index contributed by atoms with van der Waals surface area (Å²) in [6.07, 6.45) is 5.19. The van der Waals surface area contributed by atoms with Crippen LogP contribution in [0.1, 0.15) is 28.2 Å². The Morgan fingerprint density at radius 1 is 0.818 bits per heavy atom. The Morgan fingerprint density at radius 2 is 1.36 bits per heavy atom. The fourth-order valence-corrected chi connectivity index (χ4v) is 2.71. The molecule has 0 amide bonds. The third-order valence-electron chi connectivity index (χ3n) is 3.49. The van der Waals surface area contributed by atoms with Gasteiger partial charge < -0.3 is 0 Å². The van der Waals surface area contributed by atoms with Gasteiger partial charge in [-0.15, -0.1) is 0 Å². The minimum absolute atomic E-state index is 0.0436. The van der Waals surface area contributed by atoms with E-state index in [1.165, 1.54) is 6.33 Å². The molecule has 0 aliphatic carbocycles. The molecule has 106 valence electrons. The summed E-state index contributed by atoms with van der Waals surface area (Å²) in [4.78, 5) is 8.27. The topological polar surface area (TPSA) is 49.6 Å². The average Bonchev–Trinajstić information content (AvgIpc) is 2.58. The van der Waals surface area contributed by atoms with Crippen LogP contribution in [0, 0.1) is 11.3 Å². The molecule has 0 saturated carbocycles. The van der Waals surface area contributed by atoms with Crippen LogP contribution in [-0.2, 0) is 0 Å². The standard InChI is InChI=1S/C18H12BrN3/c19-17-7-5-15(6-8-17)18(16-10-21-12-22-11-16)14-3-1-13(9-20)2-4-14/h1-8,10-12,18H. The zero-order chi connectivity index (χ0) is 15.4. The largest absolute Gasteiger partial charge is 0.245 e. The second kappa shape index (κ2) is 6.50. The molecule has 0 radical (unpaired) electrons. The fourth-order valence-electron chi connectivity index (χ4n) is 2.44. The van der Waals surface area contributed by atoms with Crippen LogP contribution in [-0.4, -0.2) is 9.97 Å². The van der Waals surface area contributed by atoms with Gasteiger partial charge in [0.1, 0.15) is 6.33 Å². The molecule has 0 fully saturated rings. The molecule has 1 unspecified atom stereocenters. The summed E-state index contributed by atoms with van der Waals surface area (Å²) in [6.45, 7) is 0. The molecule has 0 spiro atoms. The van der Waals surface area contributed by atoms with Gasteiger partial charge in [0.15, 0.2) is 0 Å². The van der Waals surface area contributed by atoms with Crippen LogP contribution in [0.4, 0.5) is 0 Å². The molecular weight excluding hydrogens is 338 g/mol. The number of hydrogen-bond donors (Lipinski definition) is 0. The third kappa shape index (κ3) is 3.05. The summed E-state index contributed by atoms with van der Waals surface area (Å²) < 4.78 is 1.04. The lowest BCUT2D eigenvalue weighted by atomic mass is 9.86. The Morgan fingerprint density at radius 3 is 1.91 bits per heavy atom. The Balaban J connectivity index is 2.10. The molecule has 1 aromatic heterocycles. The van der Waals surface area contributed by atoms with Crippen LogP contribution in [0.3, 0.4) is 0 Å². The lowest BCUT2D eigenvalue weighted by Gasteiger charge is -2.18. The molecule has 1 heterocycles. The second-order valence-electron chi connectivity index (χ2n) is 4.89. The first-order chi connectivity index (χ1) is 10.8. The molecule has 3 aromatic rings. The summed E-state index contributed by atoms with van der Waals surface area (Å²) in [7, 11) is 0. The number of halogens is 1. The maximum Gasteiger partial charge on any atom is 0.115 e. The van der Waals surface area contributed by atoms with Crippen molar-refractivity contribution in [2.24, 2.45) is 0 Å². The molecule has 0 aliphatic rings. The minimum Gasteiger partial charge on any atom is -0.245 e. The highest BCUT2D eigenvalue weighted by Gasteiger charge is 2.17. The van der Waals surface area contributed by atoms with Gasteiger partial charge in [0.05, 0.1) is 11.6 Å². The Labute approximate surface area is 137 Å². The van der Waals surface area contributed by atoms with Gasteiger partial charge in [-0.2, -0.15) is 5.26 Å². The first-order valence-electron chi connectivity index (χ1n) is 6.78. The van der Waals surface area contributed by atoms with Crippen molar-refractivity contribution in [2.75, 3.05) is 0 Å². The first-order valence-corrected chi connectivity index (χ1v) is 7.57. The smallest absolute Gasteiger partial charge is 0.115 e. The first kappa shape index (κ1) is 14.4. The summed E-state index contributed by atoms with van der Waals surface area (Å²) in [6, 6.07) is 18.0. The van der Waals surface area contributed by atoms with E-state index in [9.17, 15) is 0 Å². The highest BCUT2D eigenvalue weighted by molar-refractivity contribution is 9.10. The van der Waals surface area contributed by atoms with Crippen molar-refractivity contribution in [3.8, 4) is 6.07 Å². The number of nitriles is 1. The second-order valence-corrected chi connectivity index (χ2v) is 5.81. The summed E-state index contributed by atoms with van der Waals surface area (Å²) in [5, 5.41) is 8.96. The van der Waals surface area contributed by atoms with E-state index in [0.717, 1.165) is 21.2 Å². The number of hydrogen-bond acceptors (Lipinski definition) is 3. The third-order valence-corrected chi connectivity index (χ3v) is 4.02. The van der Waals surface area contributed by atoms with Gasteiger partial charge in [0.25, 0.3) is 0 Å². The van der Waals surface area contributed by atoms with Gasteiger partial charge in [0.2, 0.25) is 0 Å². The van der Waals surface area contributed by atoms with Crippen LogP contribution in [0.2, 0.25) is 0 Å². The number of benzene rings is 2. The number of rotatable bonds is 3. The van der Waals surface area contributed by atoms with Crippen LogP contribution in [0.15, 0.2) is 71.7 Å². The molecular formula is C18H12BrN3. The lowest BCUT2D eigenvalue weighted by molar-refractivity contribution is 0.940. The molecule has 2 aromatic carbocycles. The van der Waals surface area contributed by atoms with Crippen molar-refractivity contribution >= 4 is 15.9 Å². The quantitative estimate of drug-likeness (QED) is 0.708. The predicted octanol–water partition coefficient (Wildman–Crippen LogP) is 4.29.